The molecule has 2 heteroatoms. The topological polar surface area (TPSA) is 23.5 Å². The predicted molar refractivity (Wildman–Crippen MR) is 89.6 cm³/mol. The third kappa shape index (κ3) is 3.67. The monoisotopic (exact) mass is 289 g/mol. The number of hydrogen-bond donors (Lipinski definition) is 1. The molecule has 1 aliphatic rings. The van der Waals surface area contributed by atoms with Gasteiger partial charge in [0.05, 0.1) is 6.10 Å². The number of rotatable bonds is 3. The first kappa shape index (κ1) is 16.5. The van der Waals surface area contributed by atoms with E-state index in [2.05, 4.69) is 63.8 Å². The SMILES string of the molecule is CC(C)(C)c1ccc(C(O)C(C)(C)N2CCCCC2)cc1. The van der Waals surface area contributed by atoms with Gasteiger partial charge in [-0.2, -0.15) is 0 Å². The van der Waals surface area contributed by atoms with Crippen molar-refractivity contribution in [3.05, 3.63) is 35.4 Å². The molecule has 0 spiro atoms. The number of hydrogen-bond acceptors (Lipinski definition) is 2. The van der Waals surface area contributed by atoms with Crippen molar-refractivity contribution >= 4 is 0 Å². The first-order valence-electron chi connectivity index (χ1n) is 8.26. The lowest BCUT2D eigenvalue weighted by Gasteiger charge is -2.44. The first-order chi connectivity index (χ1) is 9.73. The molecule has 1 fully saturated rings. The Kier molecular flexibility index (Phi) is 4.79. The van der Waals surface area contributed by atoms with E-state index in [-0.39, 0.29) is 11.0 Å². The van der Waals surface area contributed by atoms with Crippen LogP contribution in [0.4, 0.5) is 0 Å². The van der Waals surface area contributed by atoms with E-state index in [9.17, 15) is 5.11 Å². The van der Waals surface area contributed by atoms with Gasteiger partial charge in [-0.05, 0) is 56.3 Å². The minimum absolute atomic E-state index is 0.159. The largest absolute Gasteiger partial charge is 0.386 e. The number of piperidine rings is 1. The van der Waals surface area contributed by atoms with E-state index in [4.69, 9.17) is 0 Å². The Morgan fingerprint density at radius 1 is 0.905 bits per heavy atom. The van der Waals surface area contributed by atoms with Gasteiger partial charge in [0.2, 0.25) is 0 Å². The third-order valence-corrected chi connectivity index (χ3v) is 4.93. The van der Waals surface area contributed by atoms with Crippen LogP contribution < -0.4 is 0 Å². The average Bonchev–Trinajstić information content (AvgIpc) is 2.46. The van der Waals surface area contributed by atoms with E-state index in [1.165, 1.54) is 24.8 Å². The number of benzene rings is 1. The summed E-state index contributed by atoms with van der Waals surface area (Å²) in [5, 5.41) is 10.9. The third-order valence-electron chi connectivity index (χ3n) is 4.93. The summed E-state index contributed by atoms with van der Waals surface area (Å²) in [6.45, 7) is 13.2. The molecule has 0 saturated carbocycles. The van der Waals surface area contributed by atoms with Gasteiger partial charge in [0.1, 0.15) is 0 Å². The van der Waals surface area contributed by atoms with Crippen LogP contribution in [0.2, 0.25) is 0 Å². The molecule has 0 aromatic heterocycles. The fourth-order valence-electron chi connectivity index (χ4n) is 3.22. The summed E-state index contributed by atoms with van der Waals surface area (Å²) in [5.41, 5.74) is 2.29. The lowest BCUT2D eigenvalue weighted by atomic mass is 9.84. The molecule has 1 aliphatic heterocycles. The van der Waals surface area contributed by atoms with Crippen LogP contribution in [0.25, 0.3) is 0 Å². The molecule has 2 rings (SSSR count). The highest BCUT2D eigenvalue weighted by Gasteiger charge is 2.35. The molecule has 21 heavy (non-hydrogen) atoms. The van der Waals surface area contributed by atoms with E-state index in [0.717, 1.165) is 18.7 Å². The number of aliphatic hydroxyl groups excluding tert-OH is 1. The minimum Gasteiger partial charge on any atom is -0.386 e. The van der Waals surface area contributed by atoms with Crippen LogP contribution in [0.15, 0.2) is 24.3 Å². The summed E-state index contributed by atoms with van der Waals surface area (Å²) in [7, 11) is 0. The van der Waals surface area contributed by atoms with Crippen molar-refractivity contribution in [1.29, 1.82) is 0 Å². The highest BCUT2D eigenvalue weighted by molar-refractivity contribution is 5.30. The maximum absolute atomic E-state index is 10.9. The van der Waals surface area contributed by atoms with Crippen LogP contribution in [-0.4, -0.2) is 28.6 Å². The molecule has 1 aromatic rings. The minimum atomic E-state index is -0.440. The van der Waals surface area contributed by atoms with Crippen molar-refractivity contribution in [3.63, 3.8) is 0 Å². The number of nitrogens with zero attached hydrogens (tertiary/aromatic N) is 1. The summed E-state index contributed by atoms with van der Waals surface area (Å²) in [6.07, 6.45) is 3.38. The molecule has 0 amide bonds. The Bertz CT molecular complexity index is 449. The molecular formula is C19H31NO. The fraction of sp³-hybridized carbons (Fsp3) is 0.684. The van der Waals surface area contributed by atoms with E-state index in [1.807, 2.05) is 0 Å². The molecule has 2 nitrogen and oxygen atoms in total. The summed E-state index contributed by atoms with van der Waals surface area (Å²) in [6, 6.07) is 8.50. The maximum atomic E-state index is 10.9. The summed E-state index contributed by atoms with van der Waals surface area (Å²) < 4.78 is 0. The second kappa shape index (κ2) is 6.10. The van der Waals surface area contributed by atoms with E-state index < -0.39 is 6.10 Å². The standard InChI is InChI=1S/C19H31NO/c1-18(2,3)16-11-9-15(10-12-16)17(21)19(4,5)20-13-7-6-8-14-20/h9-12,17,21H,6-8,13-14H2,1-5H3. The van der Waals surface area contributed by atoms with E-state index in [1.54, 1.807) is 0 Å². The van der Waals surface area contributed by atoms with Crippen molar-refractivity contribution < 1.29 is 5.11 Å². The molecule has 1 saturated heterocycles. The van der Waals surface area contributed by atoms with Crippen LogP contribution in [0.5, 0.6) is 0 Å². The molecule has 118 valence electrons. The van der Waals surface area contributed by atoms with Gasteiger partial charge in [-0.15, -0.1) is 0 Å². The Hall–Kier alpha value is -0.860. The highest BCUT2D eigenvalue weighted by Crippen LogP contribution is 2.34. The molecule has 0 bridgehead atoms. The smallest absolute Gasteiger partial charge is 0.0968 e. The van der Waals surface area contributed by atoms with Gasteiger partial charge in [-0.1, -0.05) is 51.5 Å². The van der Waals surface area contributed by atoms with Crippen molar-refractivity contribution in [2.24, 2.45) is 0 Å². The van der Waals surface area contributed by atoms with E-state index >= 15 is 0 Å². The van der Waals surface area contributed by atoms with Gasteiger partial charge in [0, 0.05) is 5.54 Å². The molecule has 1 unspecified atom stereocenters. The molecule has 1 atom stereocenters. The van der Waals surface area contributed by atoms with Crippen molar-refractivity contribution in [3.8, 4) is 0 Å². The second-order valence-corrected chi connectivity index (χ2v) is 7.98. The Balaban J connectivity index is 2.16. The molecule has 1 N–H and O–H groups in total. The molecule has 1 aromatic carbocycles. The predicted octanol–water partition coefficient (Wildman–Crippen LogP) is 4.28. The Morgan fingerprint density at radius 2 is 1.43 bits per heavy atom. The van der Waals surface area contributed by atoms with Gasteiger partial charge >= 0.3 is 0 Å². The summed E-state index contributed by atoms with van der Waals surface area (Å²) >= 11 is 0. The first-order valence-corrected chi connectivity index (χ1v) is 8.26. The zero-order chi connectivity index (χ0) is 15.7. The molecule has 0 aliphatic carbocycles. The van der Waals surface area contributed by atoms with Gasteiger partial charge in [-0.3, -0.25) is 4.90 Å². The van der Waals surface area contributed by atoms with Crippen LogP contribution in [0, 0.1) is 0 Å². The van der Waals surface area contributed by atoms with Crippen LogP contribution in [0.3, 0.4) is 0 Å². The second-order valence-electron chi connectivity index (χ2n) is 7.98. The van der Waals surface area contributed by atoms with Gasteiger partial charge < -0.3 is 5.11 Å². The van der Waals surface area contributed by atoms with Crippen molar-refractivity contribution in [2.45, 2.75) is 70.9 Å². The van der Waals surface area contributed by atoms with Crippen LogP contribution >= 0.6 is 0 Å². The number of likely N-dealkylation sites (tertiary alicyclic amines) is 1. The molecule has 1 heterocycles. The zero-order valence-electron chi connectivity index (χ0n) is 14.3. The quantitative estimate of drug-likeness (QED) is 0.897. The zero-order valence-corrected chi connectivity index (χ0v) is 14.3. The summed E-state index contributed by atoms with van der Waals surface area (Å²) in [5.74, 6) is 0. The average molecular weight is 289 g/mol. The molecule has 0 radical (unpaired) electrons. The normalized spacial score (nSPS) is 19.5. The fourth-order valence-corrected chi connectivity index (χ4v) is 3.22. The van der Waals surface area contributed by atoms with Gasteiger partial charge in [-0.25, -0.2) is 0 Å². The number of aliphatic hydroxyl groups is 1. The maximum Gasteiger partial charge on any atom is 0.0968 e. The van der Waals surface area contributed by atoms with Crippen LogP contribution in [0.1, 0.15) is 71.1 Å². The van der Waals surface area contributed by atoms with Gasteiger partial charge in [0.25, 0.3) is 0 Å². The lowest BCUT2D eigenvalue weighted by Crippen LogP contribution is -2.50. The van der Waals surface area contributed by atoms with Gasteiger partial charge in [0.15, 0.2) is 0 Å². The Morgan fingerprint density at radius 3 is 1.90 bits per heavy atom. The Labute approximate surface area is 130 Å². The van der Waals surface area contributed by atoms with Crippen LogP contribution in [-0.2, 0) is 5.41 Å². The summed E-state index contributed by atoms with van der Waals surface area (Å²) in [4.78, 5) is 2.44. The van der Waals surface area contributed by atoms with Crippen molar-refractivity contribution in [1.82, 2.24) is 4.90 Å². The van der Waals surface area contributed by atoms with Crippen molar-refractivity contribution in [2.75, 3.05) is 13.1 Å². The lowest BCUT2D eigenvalue weighted by molar-refractivity contribution is -0.0209. The molecular weight excluding hydrogens is 258 g/mol. The highest BCUT2D eigenvalue weighted by atomic mass is 16.3. The van der Waals surface area contributed by atoms with E-state index in [0.29, 0.717) is 0 Å².